The molecule has 1 aromatic rings. The summed E-state index contributed by atoms with van der Waals surface area (Å²) in [6, 6.07) is 8.44. The number of hydrogen-bond acceptors (Lipinski definition) is 3. The molecule has 1 aliphatic rings. The zero-order valence-corrected chi connectivity index (χ0v) is 10.8. The lowest BCUT2D eigenvalue weighted by Gasteiger charge is -2.33. The van der Waals surface area contributed by atoms with Gasteiger partial charge in [0.15, 0.2) is 0 Å². The summed E-state index contributed by atoms with van der Waals surface area (Å²) in [5.41, 5.74) is 1.15. The number of likely N-dealkylation sites (N-methyl/N-ethyl adjacent to an activating group) is 1. The van der Waals surface area contributed by atoms with Crippen molar-refractivity contribution in [3.8, 4) is 5.75 Å². The van der Waals surface area contributed by atoms with Gasteiger partial charge < -0.3 is 14.8 Å². The summed E-state index contributed by atoms with van der Waals surface area (Å²) in [6.45, 7) is 3.05. The molecule has 0 aliphatic carbocycles. The molecule has 1 heterocycles. The summed E-state index contributed by atoms with van der Waals surface area (Å²) >= 11 is 0. The van der Waals surface area contributed by atoms with Crippen LogP contribution in [0.4, 0.5) is 0 Å². The highest BCUT2D eigenvalue weighted by Gasteiger charge is 2.38. The second-order valence-electron chi connectivity index (χ2n) is 4.76. The van der Waals surface area contributed by atoms with Crippen molar-refractivity contribution in [2.24, 2.45) is 0 Å². The number of benzene rings is 1. The van der Waals surface area contributed by atoms with Gasteiger partial charge in [0.1, 0.15) is 5.75 Å². The molecule has 1 fully saturated rings. The molecule has 0 amide bonds. The average Bonchev–Trinajstić information content (AvgIpc) is 2.78. The highest BCUT2D eigenvalue weighted by atomic mass is 16.5. The Bertz CT molecular complexity index is 355. The Balaban J connectivity index is 2.22. The zero-order chi connectivity index (χ0) is 12.3. The lowest BCUT2D eigenvalue weighted by Crippen LogP contribution is -2.39. The van der Waals surface area contributed by atoms with Crippen molar-refractivity contribution < 1.29 is 9.47 Å². The van der Waals surface area contributed by atoms with Crippen LogP contribution in [0.25, 0.3) is 0 Å². The predicted molar refractivity (Wildman–Crippen MR) is 68.4 cm³/mol. The van der Waals surface area contributed by atoms with Gasteiger partial charge in [-0.25, -0.2) is 0 Å². The first-order valence-corrected chi connectivity index (χ1v) is 6.15. The van der Waals surface area contributed by atoms with Crippen LogP contribution in [0.5, 0.6) is 5.75 Å². The van der Waals surface area contributed by atoms with Gasteiger partial charge in [-0.3, -0.25) is 0 Å². The highest BCUT2D eigenvalue weighted by Crippen LogP contribution is 2.37. The van der Waals surface area contributed by atoms with Crippen LogP contribution in [0.3, 0.4) is 0 Å². The van der Waals surface area contributed by atoms with Crippen LogP contribution < -0.4 is 10.1 Å². The molecule has 0 bridgehead atoms. The Kier molecular flexibility index (Phi) is 3.69. The normalized spacial score (nSPS) is 25.8. The van der Waals surface area contributed by atoms with Gasteiger partial charge in [0.2, 0.25) is 0 Å². The van der Waals surface area contributed by atoms with Gasteiger partial charge in [-0.2, -0.15) is 0 Å². The molecule has 2 atom stereocenters. The fourth-order valence-electron chi connectivity index (χ4n) is 2.65. The van der Waals surface area contributed by atoms with Crippen molar-refractivity contribution >= 4 is 0 Å². The van der Waals surface area contributed by atoms with E-state index in [-0.39, 0.29) is 11.6 Å². The number of ether oxygens (including phenoxy) is 2. The van der Waals surface area contributed by atoms with Crippen LogP contribution in [0.2, 0.25) is 0 Å². The highest BCUT2D eigenvalue weighted by molar-refractivity contribution is 5.30. The number of rotatable bonds is 4. The van der Waals surface area contributed by atoms with Crippen LogP contribution in [0.15, 0.2) is 24.3 Å². The lowest BCUT2D eigenvalue weighted by atomic mass is 9.88. The van der Waals surface area contributed by atoms with Gasteiger partial charge in [-0.05, 0) is 44.5 Å². The number of nitrogens with one attached hydrogen (secondary N) is 1. The SMILES string of the molecule is CNC(c1ccc(OC)cc1)C1(C)CCCO1. The van der Waals surface area contributed by atoms with Gasteiger partial charge in [0.05, 0.1) is 18.8 Å². The molecule has 2 unspecified atom stereocenters. The van der Waals surface area contributed by atoms with Crippen LogP contribution in [0.1, 0.15) is 31.4 Å². The van der Waals surface area contributed by atoms with E-state index in [4.69, 9.17) is 9.47 Å². The zero-order valence-electron chi connectivity index (χ0n) is 10.8. The minimum atomic E-state index is -0.0939. The van der Waals surface area contributed by atoms with Crippen molar-refractivity contribution in [2.75, 3.05) is 20.8 Å². The summed E-state index contributed by atoms with van der Waals surface area (Å²) < 4.78 is 11.1. The maximum Gasteiger partial charge on any atom is 0.118 e. The largest absolute Gasteiger partial charge is 0.497 e. The fraction of sp³-hybridized carbons (Fsp3) is 0.571. The topological polar surface area (TPSA) is 30.5 Å². The minimum absolute atomic E-state index is 0.0939. The molecule has 1 N–H and O–H groups in total. The molecule has 2 rings (SSSR count). The van der Waals surface area contributed by atoms with E-state index in [2.05, 4.69) is 24.4 Å². The molecule has 1 saturated heterocycles. The first-order chi connectivity index (χ1) is 8.19. The summed E-state index contributed by atoms with van der Waals surface area (Å²) in [5.74, 6) is 0.890. The van der Waals surface area contributed by atoms with E-state index < -0.39 is 0 Å². The summed E-state index contributed by atoms with van der Waals surface area (Å²) in [4.78, 5) is 0. The van der Waals surface area contributed by atoms with Crippen molar-refractivity contribution in [1.82, 2.24) is 5.32 Å². The first-order valence-electron chi connectivity index (χ1n) is 6.15. The van der Waals surface area contributed by atoms with E-state index in [0.29, 0.717) is 0 Å². The van der Waals surface area contributed by atoms with E-state index >= 15 is 0 Å². The Hall–Kier alpha value is -1.06. The predicted octanol–water partition coefficient (Wildman–Crippen LogP) is 2.52. The van der Waals surface area contributed by atoms with E-state index in [1.807, 2.05) is 19.2 Å². The van der Waals surface area contributed by atoms with Crippen molar-refractivity contribution in [3.05, 3.63) is 29.8 Å². The third-order valence-corrected chi connectivity index (χ3v) is 3.60. The monoisotopic (exact) mass is 235 g/mol. The quantitative estimate of drug-likeness (QED) is 0.870. The molecule has 94 valence electrons. The summed E-state index contributed by atoms with van der Waals surface area (Å²) in [6.07, 6.45) is 2.25. The third kappa shape index (κ3) is 2.45. The Morgan fingerprint density at radius 2 is 2.06 bits per heavy atom. The van der Waals surface area contributed by atoms with Crippen LogP contribution >= 0.6 is 0 Å². The Morgan fingerprint density at radius 3 is 2.53 bits per heavy atom. The lowest BCUT2D eigenvalue weighted by molar-refractivity contribution is -0.0104. The van der Waals surface area contributed by atoms with Crippen molar-refractivity contribution in [2.45, 2.75) is 31.4 Å². The molecule has 17 heavy (non-hydrogen) atoms. The van der Waals surface area contributed by atoms with E-state index in [0.717, 1.165) is 25.2 Å². The second-order valence-corrected chi connectivity index (χ2v) is 4.76. The Labute approximate surface area is 103 Å². The summed E-state index contributed by atoms with van der Waals surface area (Å²) in [5, 5.41) is 3.37. The van der Waals surface area contributed by atoms with Crippen LogP contribution in [-0.2, 0) is 4.74 Å². The maximum atomic E-state index is 5.91. The summed E-state index contributed by atoms with van der Waals surface area (Å²) in [7, 11) is 3.67. The first kappa shape index (κ1) is 12.4. The second kappa shape index (κ2) is 5.07. The van der Waals surface area contributed by atoms with E-state index in [1.54, 1.807) is 7.11 Å². The van der Waals surface area contributed by atoms with E-state index in [1.165, 1.54) is 5.56 Å². The van der Waals surface area contributed by atoms with Gasteiger partial charge in [-0.15, -0.1) is 0 Å². The standard InChI is InChI=1S/C14H21NO2/c1-14(9-4-10-17-14)13(15-2)11-5-7-12(16-3)8-6-11/h5-8,13,15H,4,9-10H2,1-3H3. The van der Waals surface area contributed by atoms with Crippen LogP contribution in [-0.4, -0.2) is 26.4 Å². The molecule has 3 nitrogen and oxygen atoms in total. The number of methoxy groups -OCH3 is 1. The Morgan fingerprint density at radius 1 is 1.35 bits per heavy atom. The minimum Gasteiger partial charge on any atom is -0.497 e. The molecule has 1 aliphatic heterocycles. The number of hydrogen-bond donors (Lipinski definition) is 1. The van der Waals surface area contributed by atoms with Crippen molar-refractivity contribution in [1.29, 1.82) is 0 Å². The van der Waals surface area contributed by atoms with Gasteiger partial charge in [0.25, 0.3) is 0 Å². The average molecular weight is 235 g/mol. The molecular weight excluding hydrogens is 214 g/mol. The van der Waals surface area contributed by atoms with E-state index in [9.17, 15) is 0 Å². The fourth-order valence-corrected chi connectivity index (χ4v) is 2.65. The molecule has 3 heteroatoms. The smallest absolute Gasteiger partial charge is 0.118 e. The van der Waals surface area contributed by atoms with Crippen LogP contribution in [0, 0.1) is 0 Å². The van der Waals surface area contributed by atoms with Gasteiger partial charge >= 0.3 is 0 Å². The molecule has 0 saturated carbocycles. The molecule has 0 aromatic heterocycles. The molecule has 0 spiro atoms. The molecular formula is C14H21NO2. The maximum absolute atomic E-state index is 5.91. The molecule has 0 radical (unpaired) electrons. The van der Waals surface area contributed by atoms with Crippen molar-refractivity contribution in [3.63, 3.8) is 0 Å². The van der Waals surface area contributed by atoms with Gasteiger partial charge in [0, 0.05) is 6.61 Å². The van der Waals surface area contributed by atoms with Gasteiger partial charge in [-0.1, -0.05) is 12.1 Å². The molecule has 1 aromatic carbocycles. The third-order valence-electron chi connectivity index (χ3n) is 3.60.